The fraction of sp³-hybridized carbons (Fsp3) is 0.500. The van der Waals surface area contributed by atoms with Crippen molar-refractivity contribution in [1.29, 1.82) is 0 Å². The van der Waals surface area contributed by atoms with Gasteiger partial charge in [-0.2, -0.15) is 0 Å². The summed E-state index contributed by atoms with van der Waals surface area (Å²) in [5.41, 5.74) is 5.47. The molecule has 1 aromatic rings. The summed E-state index contributed by atoms with van der Waals surface area (Å²) in [6, 6.07) is 2.66. The Hall–Kier alpha value is -0.0400. The lowest BCUT2D eigenvalue weighted by atomic mass is 9.95. The molecule has 0 spiro atoms. The lowest BCUT2D eigenvalue weighted by Crippen LogP contribution is -2.49. The summed E-state index contributed by atoms with van der Waals surface area (Å²) in [4.78, 5) is -0.181. The lowest BCUT2D eigenvalue weighted by molar-refractivity contribution is 0.392. The van der Waals surface area contributed by atoms with E-state index in [1.165, 1.54) is 12.1 Å². The Morgan fingerprint density at radius 1 is 1.15 bits per heavy atom. The van der Waals surface area contributed by atoms with Crippen LogP contribution in [0.15, 0.2) is 17.0 Å². The fourth-order valence-electron chi connectivity index (χ4n) is 1.60. The van der Waals surface area contributed by atoms with E-state index in [-0.39, 0.29) is 26.5 Å². The lowest BCUT2D eigenvalue weighted by Gasteiger charge is -2.26. The largest absolute Gasteiger partial charge is 0.324 e. The fourth-order valence-corrected chi connectivity index (χ4v) is 4.28. The summed E-state index contributed by atoms with van der Waals surface area (Å²) in [7, 11) is -3.84. The normalized spacial score (nSPS) is 12.7. The third-order valence-corrected chi connectivity index (χ3v) is 5.79. The summed E-state index contributed by atoms with van der Waals surface area (Å²) in [6.45, 7) is 3.91. The standard InChI is InChI=1S/C12H17Cl3N2O2S/c1-3-12(16,4-2)7-17-20(18,19)11-9(14)5-8(13)6-10(11)15/h5-6,17H,3-4,7,16H2,1-2H3. The minimum Gasteiger partial charge on any atom is -0.324 e. The molecule has 0 saturated carbocycles. The van der Waals surface area contributed by atoms with E-state index < -0.39 is 15.6 Å². The first kappa shape index (κ1) is 18.0. The molecule has 1 rings (SSSR count). The number of rotatable bonds is 6. The molecule has 3 N–H and O–H groups in total. The second kappa shape index (κ2) is 6.81. The molecule has 0 aliphatic heterocycles. The first-order chi connectivity index (χ1) is 9.15. The molecule has 0 aliphatic rings. The molecule has 4 nitrogen and oxygen atoms in total. The van der Waals surface area contributed by atoms with E-state index in [2.05, 4.69) is 4.72 Å². The highest BCUT2D eigenvalue weighted by molar-refractivity contribution is 7.89. The Balaban J connectivity index is 3.07. The van der Waals surface area contributed by atoms with Crippen LogP contribution in [0.5, 0.6) is 0 Å². The summed E-state index contributed by atoms with van der Waals surface area (Å²) < 4.78 is 27.0. The zero-order valence-electron chi connectivity index (χ0n) is 11.2. The van der Waals surface area contributed by atoms with Gasteiger partial charge in [-0.15, -0.1) is 0 Å². The van der Waals surface area contributed by atoms with E-state index in [9.17, 15) is 8.42 Å². The highest BCUT2D eigenvalue weighted by Crippen LogP contribution is 2.32. The van der Waals surface area contributed by atoms with E-state index >= 15 is 0 Å². The number of sulfonamides is 1. The summed E-state index contributed by atoms with van der Waals surface area (Å²) >= 11 is 17.6. The predicted octanol–water partition coefficient (Wildman–Crippen LogP) is 3.44. The van der Waals surface area contributed by atoms with E-state index in [1.807, 2.05) is 13.8 Å². The molecule has 0 amide bonds. The van der Waals surface area contributed by atoms with Crippen LogP contribution in [0.4, 0.5) is 0 Å². The average Bonchev–Trinajstić information content (AvgIpc) is 2.34. The van der Waals surface area contributed by atoms with Crippen molar-refractivity contribution in [1.82, 2.24) is 4.72 Å². The van der Waals surface area contributed by atoms with Crippen molar-refractivity contribution in [2.24, 2.45) is 5.73 Å². The van der Waals surface area contributed by atoms with Crippen molar-refractivity contribution in [3.8, 4) is 0 Å². The zero-order valence-corrected chi connectivity index (χ0v) is 14.3. The Bertz CT molecular complexity index is 563. The van der Waals surface area contributed by atoms with Crippen LogP contribution in [0, 0.1) is 0 Å². The van der Waals surface area contributed by atoms with Crippen molar-refractivity contribution < 1.29 is 8.42 Å². The van der Waals surface area contributed by atoms with Crippen molar-refractivity contribution in [3.05, 3.63) is 27.2 Å². The number of nitrogens with two attached hydrogens (primary N) is 1. The minimum atomic E-state index is -3.84. The monoisotopic (exact) mass is 358 g/mol. The third kappa shape index (κ3) is 4.23. The molecular formula is C12H17Cl3N2O2S. The molecule has 0 aromatic heterocycles. The van der Waals surface area contributed by atoms with Gasteiger partial charge in [0.15, 0.2) is 0 Å². The van der Waals surface area contributed by atoms with Gasteiger partial charge in [0, 0.05) is 17.1 Å². The topological polar surface area (TPSA) is 72.2 Å². The second-order valence-electron chi connectivity index (χ2n) is 4.59. The van der Waals surface area contributed by atoms with Gasteiger partial charge in [-0.05, 0) is 25.0 Å². The molecule has 8 heteroatoms. The maximum Gasteiger partial charge on any atom is 0.243 e. The number of benzene rings is 1. The van der Waals surface area contributed by atoms with Gasteiger partial charge in [0.05, 0.1) is 10.0 Å². The van der Waals surface area contributed by atoms with Gasteiger partial charge in [-0.1, -0.05) is 48.7 Å². The molecule has 0 saturated heterocycles. The Morgan fingerprint density at radius 3 is 2.00 bits per heavy atom. The van der Waals surface area contributed by atoms with Gasteiger partial charge in [0.2, 0.25) is 10.0 Å². The summed E-state index contributed by atoms with van der Waals surface area (Å²) in [6.07, 6.45) is 1.29. The van der Waals surface area contributed by atoms with Crippen molar-refractivity contribution in [2.45, 2.75) is 37.1 Å². The van der Waals surface area contributed by atoms with E-state index in [4.69, 9.17) is 40.5 Å². The van der Waals surface area contributed by atoms with E-state index in [0.717, 1.165) is 0 Å². The summed E-state index contributed by atoms with van der Waals surface area (Å²) in [5, 5.41) is 0.227. The average molecular weight is 360 g/mol. The highest BCUT2D eigenvalue weighted by Gasteiger charge is 2.27. The van der Waals surface area contributed by atoms with Gasteiger partial charge in [0.1, 0.15) is 4.90 Å². The third-order valence-electron chi connectivity index (χ3n) is 3.25. The molecule has 0 aliphatic carbocycles. The van der Waals surface area contributed by atoms with Crippen LogP contribution < -0.4 is 10.5 Å². The highest BCUT2D eigenvalue weighted by atomic mass is 35.5. The molecule has 114 valence electrons. The smallest absolute Gasteiger partial charge is 0.243 e. The Labute approximate surface area is 134 Å². The molecular weight excluding hydrogens is 343 g/mol. The molecule has 0 bridgehead atoms. The number of nitrogens with one attached hydrogen (secondary N) is 1. The van der Waals surface area contributed by atoms with Gasteiger partial charge in [-0.25, -0.2) is 13.1 Å². The van der Waals surface area contributed by atoms with Gasteiger partial charge in [-0.3, -0.25) is 0 Å². The van der Waals surface area contributed by atoms with Crippen LogP contribution in [0.1, 0.15) is 26.7 Å². The molecule has 1 aromatic carbocycles. The number of hydrogen-bond donors (Lipinski definition) is 2. The molecule has 0 radical (unpaired) electrons. The maximum atomic E-state index is 12.3. The Kier molecular flexibility index (Phi) is 6.14. The predicted molar refractivity (Wildman–Crippen MR) is 84.2 cm³/mol. The quantitative estimate of drug-likeness (QED) is 0.817. The Morgan fingerprint density at radius 2 is 1.60 bits per heavy atom. The first-order valence-electron chi connectivity index (χ1n) is 6.08. The van der Waals surface area contributed by atoms with Crippen molar-refractivity contribution in [2.75, 3.05) is 6.54 Å². The van der Waals surface area contributed by atoms with Crippen LogP contribution in [0.3, 0.4) is 0 Å². The zero-order chi connectivity index (χ0) is 15.6. The maximum absolute atomic E-state index is 12.3. The SMILES string of the molecule is CCC(N)(CC)CNS(=O)(=O)c1c(Cl)cc(Cl)cc1Cl. The number of halogens is 3. The van der Waals surface area contributed by atoms with Crippen LogP contribution >= 0.6 is 34.8 Å². The molecule has 20 heavy (non-hydrogen) atoms. The van der Waals surface area contributed by atoms with Crippen molar-refractivity contribution >= 4 is 44.8 Å². The van der Waals surface area contributed by atoms with Gasteiger partial charge < -0.3 is 5.73 Å². The summed E-state index contributed by atoms with van der Waals surface area (Å²) in [5.74, 6) is 0. The van der Waals surface area contributed by atoms with Gasteiger partial charge >= 0.3 is 0 Å². The van der Waals surface area contributed by atoms with Gasteiger partial charge in [0.25, 0.3) is 0 Å². The van der Waals surface area contributed by atoms with E-state index in [0.29, 0.717) is 12.8 Å². The molecule has 0 fully saturated rings. The molecule has 0 atom stereocenters. The second-order valence-corrected chi connectivity index (χ2v) is 7.55. The minimum absolute atomic E-state index is 0.0226. The molecule has 0 heterocycles. The van der Waals surface area contributed by atoms with Crippen molar-refractivity contribution in [3.63, 3.8) is 0 Å². The van der Waals surface area contributed by atoms with Crippen LogP contribution in [0.2, 0.25) is 15.1 Å². The van der Waals surface area contributed by atoms with Crippen LogP contribution in [0.25, 0.3) is 0 Å². The molecule has 0 unspecified atom stereocenters. The number of hydrogen-bond acceptors (Lipinski definition) is 3. The van der Waals surface area contributed by atoms with Crippen LogP contribution in [-0.2, 0) is 10.0 Å². The van der Waals surface area contributed by atoms with Crippen LogP contribution in [-0.4, -0.2) is 20.5 Å². The van der Waals surface area contributed by atoms with E-state index in [1.54, 1.807) is 0 Å². The first-order valence-corrected chi connectivity index (χ1v) is 8.70.